The number of hydrogen-bond acceptors (Lipinski definition) is 3. The third-order valence-electron chi connectivity index (χ3n) is 4.10. The third kappa shape index (κ3) is 4.45. The van der Waals surface area contributed by atoms with Gasteiger partial charge in [-0.1, -0.05) is 40.9 Å². The number of nitriles is 1. The maximum atomic E-state index is 12.5. The fourth-order valence-electron chi connectivity index (χ4n) is 2.70. The highest BCUT2D eigenvalue weighted by atomic mass is 35.5. The van der Waals surface area contributed by atoms with Gasteiger partial charge < -0.3 is 9.73 Å². The van der Waals surface area contributed by atoms with E-state index in [1.807, 2.05) is 38.1 Å². The molecule has 28 heavy (non-hydrogen) atoms. The van der Waals surface area contributed by atoms with Gasteiger partial charge in [0, 0.05) is 22.3 Å². The molecule has 0 aliphatic rings. The zero-order valence-electron chi connectivity index (χ0n) is 15.2. The maximum Gasteiger partial charge on any atom is 0.266 e. The van der Waals surface area contributed by atoms with Crippen molar-refractivity contribution in [3.05, 3.63) is 81.0 Å². The zero-order chi connectivity index (χ0) is 20.3. The first-order valence-corrected chi connectivity index (χ1v) is 9.18. The van der Waals surface area contributed by atoms with Crippen molar-refractivity contribution in [3.8, 4) is 17.4 Å². The Bertz CT molecular complexity index is 1120. The molecule has 0 aliphatic carbocycles. The lowest BCUT2D eigenvalue weighted by Gasteiger charge is -2.08. The smallest absolute Gasteiger partial charge is 0.266 e. The molecule has 1 N–H and O–H groups in total. The largest absolute Gasteiger partial charge is 0.457 e. The molecule has 0 spiro atoms. The number of nitrogens with one attached hydrogen (secondary N) is 1. The summed E-state index contributed by atoms with van der Waals surface area (Å²) in [5.74, 6) is 0.345. The average molecular weight is 411 g/mol. The van der Waals surface area contributed by atoms with Crippen LogP contribution in [0.1, 0.15) is 16.9 Å². The third-order valence-corrected chi connectivity index (χ3v) is 4.67. The molecule has 0 atom stereocenters. The number of hydrogen-bond donors (Lipinski definition) is 1. The van der Waals surface area contributed by atoms with Crippen molar-refractivity contribution < 1.29 is 9.21 Å². The lowest BCUT2D eigenvalue weighted by Crippen LogP contribution is -2.14. The molecule has 0 radical (unpaired) electrons. The Morgan fingerprint density at radius 2 is 1.89 bits per heavy atom. The van der Waals surface area contributed by atoms with Gasteiger partial charge in [-0.25, -0.2) is 0 Å². The van der Waals surface area contributed by atoms with Crippen LogP contribution < -0.4 is 5.32 Å². The molecule has 0 aliphatic heterocycles. The van der Waals surface area contributed by atoms with E-state index in [9.17, 15) is 10.1 Å². The van der Waals surface area contributed by atoms with Crippen LogP contribution in [-0.4, -0.2) is 5.91 Å². The molecule has 3 aromatic rings. The summed E-state index contributed by atoms with van der Waals surface area (Å²) in [5, 5.41) is 13.2. The Balaban J connectivity index is 1.85. The van der Waals surface area contributed by atoms with E-state index in [0.717, 1.165) is 11.1 Å². The van der Waals surface area contributed by atoms with Crippen LogP contribution in [0.25, 0.3) is 17.4 Å². The summed E-state index contributed by atoms with van der Waals surface area (Å²) in [7, 11) is 0. The summed E-state index contributed by atoms with van der Waals surface area (Å²) in [6.45, 7) is 3.87. The van der Waals surface area contributed by atoms with Gasteiger partial charge >= 0.3 is 0 Å². The highest BCUT2D eigenvalue weighted by Crippen LogP contribution is 2.32. The first-order chi connectivity index (χ1) is 13.4. The summed E-state index contributed by atoms with van der Waals surface area (Å²) in [5.41, 5.74) is 3.23. The van der Waals surface area contributed by atoms with E-state index >= 15 is 0 Å². The maximum absolute atomic E-state index is 12.5. The van der Waals surface area contributed by atoms with Crippen molar-refractivity contribution in [2.75, 3.05) is 5.32 Å². The minimum atomic E-state index is -0.506. The number of carbonyl (C=O) groups is 1. The SMILES string of the molecule is Cc1ccc(NC(=O)/C(C#N)=C/c2ccc(-c3cc(Cl)ccc3Cl)o2)c(C)c1. The topological polar surface area (TPSA) is 66.0 Å². The number of rotatable bonds is 4. The fourth-order valence-corrected chi connectivity index (χ4v) is 3.08. The van der Waals surface area contributed by atoms with Gasteiger partial charge in [-0.05, 0) is 55.8 Å². The minimum absolute atomic E-state index is 0.0712. The van der Waals surface area contributed by atoms with Gasteiger partial charge in [-0.2, -0.15) is 5.26 Å². The van der Waals surface area contributed by atoms with E-state index < -0.39 is 5.91 Å². The quantitative estimate of drug-likeness (QED) is 0.398. The molecule has 3 rings (SSSR count). The minimum Gasteiger partial charge on any atom is -0.457 e. The molecule has 140 valence electrons. The van der Waals surface area contributed by atoms with Gasteiger partial charge in [-0.3, -0.25) is 4.79 Å². The number of halogens is 2. The number of carbonyl (C=O) groups excluding carboxylic acids is 1. The Kier molecular flexibility index (Phi) is 5.89. The number of nitrogens with zero attached hydrogens (tertiary/aromatic N) is 1. The van der Waals surface area contributed by atoms with E-state index in [-0.39, 0.29) is 5.57 Å². The van der Waals surface area contributed by atoms with Crippen LogP contribution in [0.15, 0.2) is 58.5 Å². The summed E-state index contributed by atoms with van der Waals surface area (Å²) < 4.78 is 5.73. The molecule has 1 heterocycles. The summed E-state index contributed by atoms with van der Waals surface area (Å²) in [6, 6.07) is 16.0. The molecule has 6 heteroatoms. The Morgan fingerprint density at radius 3 is 2.61 bits per heavy atom. The highest BCUT2D eigenvalue weighted by molar-refractivity contribution is 6.35. The first-order valence-electron chi connectivity index (χ1n) is 8.43. The molecule has 0 unspecified atom stereocenters. The van der Waals surface area contributed by atoms with E-state index in [0.29, 0.717) is 32.8 Å². The van der Waals surface area contributed by atoms with Gasteiger partial charge in [0.15, 0.2) is 0 Å². The van der Waals surface area contributed by atoms with Crippen LogP contribution in [0.5, 0.6) is 0 Å². The number of aryl methyl sites for hydroxylation is 2. The lowest BCUT2D eigenvalue weighted by molar-refractivity contribution is -0.112. The predicted octanol–water partition coefficient (Wildman–Crippen LogP) is 6.42. The van der Waals surface area contributed by atoms with Crippen molar-refractivity contribution in [2.24, 2.45) is 0 Å². The number of benzene rings is 2. The van der Waals surface area contributed by atoms with Crippen LogP contribution in [0, 0.1) is 25.2 Å². The van der Waals surface area contributed by atoms with Crippen LogP contribution in [0.4, 0.5) is 5.69 Å². The Morgan fingerprint density at radius 1 is 1.11 bits per heavy atom. The second-order valence-electron chi connectivity index (χ2n) is 6.27. The van der Waals surface area contributed by atoms with Crippen LogP contribution in [-0.2, 0) is 4.79 Å². The van der Waals surface area contributed by atoms with E-state index in [4.69, 9.17) is 27.6 Å². The second-order valence-corrected chi connectivity index (χ2v) is 7.11. The number of anilines is 1. The summed E-state index contributed by atoms with van der Waals surface area (Å²) >= 11 is 12.2. The molecule has 1 aromatic heterocycles. The van der Waals surface area contributed by atoms with Crippen LogP contribution in [0.3, 0.4) is 0 Å². The molecule has 0 bridgehead atoms. The Labute approximate surface area is 173 Å². The monoisotopic (exact) mass is 410 g/mol. The Hall–Kier alpha value is -3.00. The summed E-state index contributed by atoms with van der Waals surface area (Å²) in [4.78, 5) is 12.5. The molecule has 4 nitrogen and oxygen atoms in total. The number of furan rings is 1. The fraction of sp³-hybridized carbons (Fsp3) is 0.0909. The lowest BCUT2D eigenvalue weighted by atomic mass is 10.1. The van der Waals surface area contributed by atoms with Crippen molar-refractivity contribution in [3.63, 3.8) is 0 Å². The van der Waals surface area contributed by atoms with E-state index in [1.54, 1.807) is 30.3 Å². The summed E-state index contributed by atoms with van der Waals surface area (Å²) in [6.07, 6.45) is 1.39. The standard InChI is InChI=1S/C22H16Cl2N2O2/c1-13-3-7-20(14(2)9-13)26-22(27)15(12-25)10-17-5-8-21(28-17)18-11-16(23)4-6-19(18)24/h3-11H,1-2H3,(H,26,27)/b15-10+. The molecule has 0 saturated carbocycles. The first kappa shape index (κ1) is 19.8. The number of amides is 1. The molecule has 1 amide bonds. The van der Waals surface area contributed by atoms with Gasteiger partial charge in [-0.15, -0.1) is 0 Å². The molecule has 0 saturated heterocycles. The predicted molar refractivity (Wildman–Crippen MR) is 112 cm³/mol. The van der Waals surface area contributed by atoms with Crippen molar-refractivity contribution in [2.45, 2.75) is 13.8 Å². The van der Waals surface area contributed by atoms with Crippen LogP contribution in [0.2, 0.25) is 10.0 Å². The zero-order valence-corrected chi connectivity index (χ0v) is 16.7. The van der Waals surface area contributed by atoms with Gasteiger partial charge in [0.1, 0.15) is 23.2 Å². The second kappa shape index (κ2) is 8.35. The molecular formula is C22H16Cl2N2O2. The van der Waals surface area contributed by atoms with Crippen molar-refractivity contribution >= 4 is 40.9 Å². The van der Waals surface area contributed by atoms with E-state index in [1.165, 1.54) is 6.08 Å². The molecule has 2 aromatic carbocycles. The normalized spacial score (nSPS) is 11.2. The highest BCUT2D eigenvalue weighted by Gasteiger charge is 2.13. The molecule has 0 fully saturated rings. The van der Waals surface area contributed by atoms with E-state index in [2.05, 4.69) is 5.32 Å². The van der Waals surface area contributed by atoms with Gasteiger partial charge in [0.2, 0.25) is 0 Å². The van der Waals surface area contributed by atoms with Crippen LogP contribution >= 0.6 is 23.2 Å². The van der Waals surface area contributed by atoms with Gasteiger partial charge in [0.05, 0.1) is 5.02 Å². The van der Waals surface area contributed by atoms with Gasteiger partial charge in [0.25, 0.3) is 5.91 Å². The van der Waals surface area contributed by atoms with Crippen molar-refractivity contribution in [1.82, 2.24) is 0 Å². The van der Waals surface area contributed by atoms with Crippen molar-refractivity contribution in [1.29, 1.82) is 5.26 Å². The molecular weight excluding hydrogens is 395 g/mol. The average Bonchev–Trinajstić information content (AvgIpc) is 3.12.